The lowest BCUT2D eigenvalue weighted by atomic mass is 10.1. The van der Waals surface area contributed by atoms with Crippen LogP contribution in [0.3, 0.4) is 0 Å². The van der Waals surface area contributed by atoms with Crippen molar-refractivity contribution < 1.29 is 0 Å². The molecular weight excluding hydrogens is 232 g/mol. The van der Waals surface area contributed by atoms with Crippen molar-refractivity contribution in [3.63, 3.8) is 0 Å². The second-order valence-electron chi connectivity index (χ2n) is 6.36. The molecule has 1 aromatic carbocycles. The molecule has 108 valence electrons. The Labute approximate surface area is 119 Å². The van der Waals surface area contributed by atoms with Crippen LogP contribution in [0, 0.1) is 0 Å². The highest BCUT2D eigenvalue weighted by Crippen LogP contribution is 2.20. The molecule has 0 aromatic heterocycles. The van der Waals surface area contributed by atoms with Crippen LogP contribution < -0.4 is 10.2 Å². The normalized spacial score (nSPS) is 11.6. The first kappa shape index (κ1) is 16.0. The number of benzene rings is 1. The molecule has 0 heterocycles. The van der Waals surface area contributed by atoms with Gasteiger partial charge in [0.2, 0.25) is 0 Å². The Morgan fingerprint density at radius 2 is 1.79 bits per heavy atom. The van der Waals surface area contributed by atoms with Gasteiger partial charge in [-0.25, -0.2) is 0 Å². The van der Waals surface area contributed by atoms with E-state index < -0.39 is 0 Å². The predicted molar refractivity (Wildman–Crippen MR) is 85.8 cm³/mol. The molecule has 19 heavy (non-hydrogen) atoms. The van der Waals surface area contributed by atoms with E-state index in [1.807, 2.05) is 0 Å². The van der Waals surface area contributed by atoms with Crippen molar-refractivity contribution in [2.45, 2.75) is 59.0 Å². The summed E-state index contributed by atoms with van der Waals surface area (Å²) in [5, 5.41) is 3.57. The Morgan fingerprint density at radius 1 is 1.11 bits per heavy atom. The van der Waals surface area contributed by atoms with Crippen LogP contribution in [0.4, 0.5) is 5.69 Å². The molecule has 1 N–H and O–H groups in total. The molecule has 1 aromatic rings. The Morgan fingerprint density at radius 3 is 2.42 bits per heavy atom. The molecular formula is C17H30N2. The van der Waals surface area contributed by atoms with Crippen LogP contribution in [0.1, 0.15) is 52.5 Å². The quantitative estimate of drug-likeness (QED) is 0.741. The zero-order valence-electron chi connectivity index (χ0n) is 13.3. The van der Waals surface area contributed by atoms with Gasteiger partial charge in [-0.15, -0.1) is 0 Å². The van der Waals surface area contributed by atoms with Gasteiger partial charge in [0.1, 0.15) is 0 Å². The molecule has 0 radical (unpaired) electrons. The largest absolute Gasteiger partial charge is 0.374 e. The molecule has 0 unspecified atom stereocenters. The average Bonchev–Trinajstić information content (AvgIpc) is 2.36. The molecule has 0 saturated heterocycles. The first-order valence-corrected chi connectivity index (χ1v) is 7.48. The van der Waals surface area contributed by atoms with Crippen molar-refractivity contribution in [1.82, 2.24) is 5.32 Å². The van der Waals surface area contributed by atoms with Crippen molar-refractivity contribution in [1.29, 1.82) is 0 Å². The van der Waals surface area contributed by atoms with Gasteiger partial charge in [-0.2, -0.15) is 0 Å². The number of unbranched alkanes of at least 4 members (excludes halogenated alkanes) is 2. The number of para-hydroxylation sites is 1. The second-order valence-corrected chi connectivity index (χ2v) is 6.36. The molecule has 0 aliphatic carbocycles. The average molecular weight is 262 g/mol. The topological polar surface area (TPSA) is 15.3 Å². The summed E-state index contributed by atoms with van der Waals surface area (Å²) in [6, 6.07) is 8.71. The van der Waals surface area contributed by atoms with E-state index in [1.165, 1.54) is 30.5 Å². The second kappa shape index (κ2) is 7.54. The molecule has 0 aliphatic heterocycles. The summed E-state index contributed by atoms with van der Waals surface area (Å²) in [7, 11) is 2.20. The third-order valence-electron chi connectivity index (χ3n) is 3.31. The van der Waals surface area contributed by atoms with Gasteiger partial charge < -0.3 is 10.2 Å². The highest BCUT2D eigenvalue weighted by Gasteiger charge is 2.11. The zero-order chi connectivity index (χ0) is 14.3. The number of nitrogens with one attached hydrogen (secondary N) is 1. The SMILES string of the molecule is CCCCCN(C)c1ccccc1CNC(C)(C)C. The van der Waals surface area contributed by atoms with Crippen LogP contribution in [0.15, 0.2) is 24.3 Å². The number of anilines is 1. The van der Waals surface area contributed by atoms with Gasteiger partial charge in [-0.3, -0.25) is 0 Å². The maximum Gasteiger partial charge on any atom is 0.0409 e. The molecule has 0 atom stereocenters. The van der Waals surface area contributed by atoms with E-state index in [1.54, 1.807) is 0 Å². The molecule has 0 fully saturated rings. The van der Waals surface area contributed by atoms with Gasteiger partial charge in [-0.1, -0.05) is 38.0 Å². The molecule has 0 bridgehead atoms. The molecule has 0 amide bonds. The maximum atomic E-state index is 3.57. The Bertz CT molecular complexity index is 366. The first-order valence-electron chi connectivity index (χ1n) is 7.48. The molecule has 0 saturated carbocycles. The fourth-order valence-corrected chi connectivity index (χ4v) is 2.11. The monoisotopic (exact) mass is 262 g/mol. The van der Waals surface area contributed by atoms with Gasteiger partial charge in [0.05, 0.1) is 0 Å². The van der Waals surface area contributed by atoms with Gasteiger partial charge in [0.25, 0.3) is 0 Å². The molecule has 0 aliphatic rings. The molecule has 2 nitrogen and oxygen atoms in total. The smallest absolute Gasteiger partial charge is 0.0409 e. The molecule has 0 spiro atoms. The Kier molecular flexibility index (Phi) is 6.36. The van der Waals surface area contributed by atoms with Crippen LogP contribution in [0.2, 0.25) is 0 Å². The van der Waals surface area contributed by atoms with Crippen molar-refractivity contribution >= 4 is 5.69 Å². The number of rotatable bonds is 7. The van der Waals surface area contributed by atoms with E-state index in [0.29, 0.717) is 0 Å². The lowest BCUT2D eigenvalue weighted by molar-refractivity contribution is 0.424. The summed E-state index contributed by atoms with van der Waals surface area (Å²) >= 11 is 0. The summed E-state index contributed by atoms with van der Waals surface area (Å²) < 4.78 is 0. The van der Waals surface area contributed by atoms with E-state index in [0.717, 1.165) is 13.1 Å². The van der Waals surface area contributed by atoms with E-state index in [-0.39, 0.29) is 5.54 Å². The lowest BCUT2D eigenvalue weighted by Gasteiger charge is -2.25. The van der Waals surface area contributed by atoms with Gasteiger partial charge in [0.15, 0.2) is 0 Å². The van der Waals surface area contributed by atoms with Gasteiger partial charge in [-0.05, 0) is 38.8 Å². The minimum atomic E-state index is 0.161. The fourth-order valence-electron chi connectivity index (χ4n) is 2.11. The van der Waals surface area contributed by atoms with E-state index in [4.69, 9.17) is 0 Å². The van der Waals surface area contributed by atoms with Gasteiger partial charge in [0, 0.05) is 31.4 Å². The highest BCUT2D eigenvalue weighted by atomic mass is 15.1. The summed E-state index contributed by atoms with van der Waals surface area (Å²) in [5.74, 6) is 0. The highest BCUT2D eigenvalue weighted by molar-refractivity contribution is 5.53. The Balaban J connectivity index is 2.66. The summed E-state index contributed by atoms with van der Waals surface area (Å²) in [5.41, 5.74) is 2.90. The van der Waals surface area contributed by atoms with Crippen LogP contribution in [-0.2, 0) is 6.54 Å². The number of nitrogens with zero attached hydrogens (tertiary/aromatic N) is 1. The lowest BCUT2D eigenvalue weighted by Crippen LogP contribution is -2.35. The number of hydrogen-bond acceptors (Lipinski definition) is 2. The van der Waals surface area contributed by atoms with Crippen LogP contribution in [0.25, 0.3) is 0 Å². The summed E-state index contributed by atoms with van der Waals surface area (Å²) in [4.78, 5) is 2.38. The Hall–Kier alpha value is -1.02. The van der Waals surface area contributed by atoms with Crippen molar-refractivity contribution in [2.75, 3.05) is 18.5 Å². The summed E-state index contributed by atoms with van der Waals surface area (Å²) in [6.45, 7) is 10.9. The van der Waals surface area contributed by atoms with E-state index in [9.17, 15) is 0 Å². The van der Waals surface area contributed by atoms with Crippen molar-refractivity contribution in [3.8, 4) is 0 Å². The predicted octanol–water partition coefficient (Wildman–Crippen LogP) is 4.20. The minimum Gasteiger partial charge on any atom is -0.374 e. The third-order valence-corrected chi connectivity index (χ3v) is 3.31. The zero-order valence-corrected chi connectivity index (χ0v) is 13.3. The minimum absolute atomic E-state index is 0.161. The van der Waals surface area contributed by atoms with Crippen molar-refractivity contribution in [3.05, 3.63) is 29.8 Å². The summed E-state index contributed by atoms with van der Waals surface area (Å²) in [6.07, 6.45) is 3.86. The van der Waals surface area contributed by atoms with Crippen LogP contribution >= 0.6 is 0 Å². The molecule has 1 rings (SSSR count). The van der Waals surface area contributed by atoms with E-state index >= 15 is 0 Å². The first-order chi connectivity index (χ1) is 8.94. The third kappa shape index (κ3) is 6.11. The van der Waals surface area contributed by atoms with Gasteiger partial charge >= 0.3 is 0 Å². The number of hydrogen-bond donors (Lipinski definition) is 1. The standard InChI is InChI=1S/C17H30N2/c1-6-7-10-13-19(5)16-12-9-8-11-15(16)14-18-17(2,3)4/h8-9,11-12,18H,6-7,10,13-14H2,1-5H3. The van der Waals surface area contributed by atoms with Crippen LogP contribution in [-0.4, -0.2) is 19.1 Å². The van der Waals surface area contributed by atoms with E-state index in [2.05, 4.69) is 69.2 Å². The van der Waals surface area contributed by atoms with Crippen molar-refractivity contribution in [2.24, 2.45) is 0 Å². The fraction of sp³-hybridized carbons (Fsp3) is 0.647. The maximum absolute atomic E-state index is 3.57. The molecule has 2 heteroatoms. The van der Waals surface area contributed by atoms with Crippen LogP contribution in [0.5, 0.6) is 0 Å².